The van der Waals surface area contributed by atoms with Gasteiger partial charge in [-0.05, 0) is 43.7 Å². The number of hydrogen-bond acceptors (Lipinski definition) is 6. The molecule has 2 aliphatic rings. The van der Waals surface area contributed by atoms with Crippen LogP contribution in [-0.4, -0.2) is 41.8 Å². The molecule has 29 heavy (non-hydrogen) atoms. The summed E-state index contributed by atoms with van der Waals surface area (Å²) < 4.78 is 5.92. The van der Waals surface area contributed by atoms with Crippen molar-refractivity contribution in [1.82, 2.24) is 15.3 Å². The number of carbonyl (C=O) groups excluding carboxylic acids is 1. The normalized spacial score (nSPS) is 16.4. The minimum Gasteiger partial charge on any atom is -0.489 e. The topological polar surface area (TPSA) is 85.7 Å². The molecule has 152 valence electrons. The van der Waals surface area contributed by atoms with E-state index in [1.807, 2.05) is 12.1 Å². The first-order chi connectivity index (χ1) is 14.1. The second-order valence-electron chi connectivity index (χ2n) is 7.39. The molecular weight excluding hydrogens is 392 g/mol. The Balaban J connectivity index is 1.53. The molecule has 1 N–H and O–H groups in total. The van der Waals surface area contributed by atoms with Crippen molar-refractivity contribution in [3.8, 4) is 17.0 Å². The highest BCUT2D eigenvalue weighted by atomic mass is 35.5. The largest absolute Gasteiger partial charge is 0.489 e. The monoisotopic (exact) mass is 414 g/mol. The van der Waals surface area contributed by atoms with Gasteiger partial charge in [-0.2, -0.15) is 0 Å². The van der Waals surface area contributed by atoms with Gasteiger partial charge in [0.25, 0.3) is 5.91 Å². The fourth-order valence-electron chi connectivity index (χ4n) is 2.93. The van der Waals surface area contributed by atoms with Gasteiger partial charge in [0.15, 0.2) is 5.75 Å². The molecule has 1 heterocycles. The zero-order chi connectivity index (χ0) is 20.2. The van der Waals surface area contributed by atoms with Crippen molar-refractivity contribution in [1.29, 1.82) is 0 Å². The molecule has 2 aliphatic carbocycles. The van der Waals surface area contributed by atoms with E-state index in [2.05, 4.69) is 20.4 Å². The molecule has 2 fully saturated rings. The Labute approximate surface area is 174 Å². The second-order valence-corrected chi connectivity index (χ2v) is 7.83. The zero-order valence-corrected chi connectivity index (χ0v) is 17.0. The molecule has 0 aliphatic heterocycles. The number of rotatable bonds is 9. The van der Waals surface area contributed by atoms with Crippen molar-refractivity contribution in [3.63, 3.8) is 0 Å². The molecule has 8 heteroatoms. The van der Waals surface area contributed by atoms with Crippen LogP contribution in [0.1, 0.15) is 36.3 Å². The Bertz CT molecular complexity index is 909. The van der Waals surface area contributed by atoms with E-state index in [1.165, 1.54) is 20.0 Å². The van der Waals surface area contributed by atoms with E-state index >= 15 is 0 Å². The van der Waals surface area contributed by atoms with Crippen LogP contribution in [0.3, 0.4) is 0 Å². The summed E-state index contributed by atoms with van der Waals surface area (Å²) in [6.07, 6.45) is 6.08. The average Bonchev–Trinajstić information content (AvgIpc) is 3.64. The number of halogens is 1. The van der Waals surface area contributed by atoms with Crippen LogP contribution in [-0.2, 0) is 4.84 Å². The fraction of sp³-hybridized carbons (Fsp3) is 0.429. The van der Waals surface area contributed by atoms with Gasteiger partial charge >= 0.3 is 0 Å². The molecule has 7 nitrogen and oxygen atoms in total. The first-order valence-corrected chi connectivity index (χ1v) is 10.2. The minimum absolute atomic E-state index is 0.0845. The van der Waals surface area contributed by atoms with Crippen molar-refractivity contribution < 1.29 is 14.4 Å². The summed E-state index contributed by atoms with van der Waals surface area (Å²) in [6, 6.07) is 7.28. The van der Waals surface area contributed by atoms with Crippen LogP contribution >= 0.6 is 11.6 Å². The van der Waals surface area contributed by atoms with Gasteiger partial charge in [-0.25, -0.2) is 9.97 Å². The van der Waals surface area contributed by atoms with E-state index in [1.54, 1.807) is 18.3 Å². The lowest BCUT2D eigenvalue weighted by Gasteiger charge is -2.12. The standard InChI is InChI=1S/C21H23ClN4O3/c1-28-26-17(14-4-5-14)10-24-21(27)20-23-11-18(29-12-13-2-3-13)19(25-20)15-6-8-16(22)9-7-15/h6-9,11,13-14H,2-5,10,12H2,1H3,(H,24,27)/b26-17+. The third kappa shape index (κ3) is 5.23. The Hall–Kier alpha value is -2.67. The van der Waals surface area contributed by atoms with Crippen molar-refractivity contribution in [2.24, 2.45) is 17.0 Å². The van der Waals surface area contributed by atoms with Gasteiger partial charge in [0.2, 0.25) is 5.82 Å². The first-order valence-electron chi connectivity index (χ1n) is 9.78. The smallest absolute Gasteiger partial charge is 0.289 e. The minimum atomic E-state index is -0.363. The van der Waals surface area contributed by atoms with Crippen LogP contribution in [0, 0.1) is 11.8 Å². The van der Waals surface area contributed by atoms with Crippen molar-refractivity contribution in [2.45, 2.75) is 25.7 Å². The summed E-state index contributed by atoms with van der Waals surface area (Å²) >= 11 is 6.01. The van der Waals surface area contributed by atoms with Gasteiger partial charge in [-0.15, -0.1) is 0 Å². The number of benzene rings is 1. The van der Waals surface area contributed by atoms with Crippen LogP contribution in [0.5, 0.6) is 5.75 Å². The molecule has 2 saturated carbocycles. The molecule has 4 rings (SSSR count). The van der Waals surface area contributed by atoms with Crippen LogP contribution in [0.2, 0.25) is 5.02 Å². The lowest BCUT2D eigenvalue weighted by Crippen LogP contribution is -2.32. The number of oxime groups is 1. The third-order valence-electron chi connectivity index (χ3n) is 4.93. The summed E-state index contributed by atoms with van der Waals surface area (Å²) in [5, 5.41) is 7.48. The number of aromatic nitrogens is 2. The summed E-state index contributed by atoms with van der Waals surface area (Å²) in [5.41, 5.74) is 2.23. The number of ether oxygens (including phenoxy) is 1. The molecule has 0 unspecified atom stereocenters. The molecule has 0 spiro atoms. The molecule has 0 radical (unpaired) electrons. The van der Waals surface area contributed by atoms with E-state index in [0.29, 0.717) is 41.5 Å². The van der Waals surface area contributed by atoms with Crippen LogP contribution in [0.25, 0.3) is 11.3 Å². The number of nitrogens with one attached hydrogen (secondary N) is 1. The molecule has 2 aromatic rings. The quantitative estimate of drug-likeness (QED) is 0.499. The lowest BCUT2D eigenvalue weighted by molar-refractivity contribution is 0.0948. The van der Waals surface area contributed by atoms with Gasteiger partial charge in [0.05, 0.1) is 25.1 Å². The average molecular weight is 415 g/mol. The SMILES string of the molecule is CO/N=C(\CNC(=O)c1ncc(OCC2CC2)c(-c2ccc(Cl)cc2)n1)C1CC1. The Morgan fingerprint density at radius 3 is 2.66 bits per heavy atom. The molecule has 1 aromatic carbocycles. The van der Waals surface area contributed by atoms with E-state index in [9.17, 15) is 4.79 Å². The Kier molecular flexibility index (Phi) is 5.94. The third-order valence-corrected chi connectivity index (χ3v) is 5.19. The van der Waals surface area contributed by atoms with E-state index in [-0.39, 0.29) is 11.7 Å². The van der Waals surface area contributed by atoms with Gasteiger partial charge in [0.1, 0.15) is 12.8 Å². The fourth-order valence-corrected chi connectivity index (χ4v) is 3.05. The number of hydrogen-bond donors (Lipinski definition) is 1. The molecule has 0 atom stereocenters. The maximum absolute atomic E-state index is 12.6. The van der Waals surface area contributed by atoms with Crippen LogP contribution in [0.15, 0.2) is 35.6 Å². The number of amides is 1. The number of nitrogens with zero attached hydrogens (tertiary/aromatic N) is 3. The molecule has 1 amide bonds. The van der Waals surface area contributed by atoms with Crippen molar-refractivity contribution >= 4 is 23.2 Å². The summed E-state index contributed by atoms with van der Waals surface area (Å²) in [6.45, 7) is 0.949. The Morgan fingerprint density at radius 1 is 1.24 bits per heavy atom. The Morgan fingerprint density at radius 2 is 2.00 bits per heavy atom. The highest BCUT2D eigenvalue weighted by molar-refractivity contribution is 6.30. The molecule has 0 bridgehead atoms. The van der Waals surface area contributed by atoms with Crippen LogP contribution < -0.4 is 10.1 Å². The first kappa shape index (κ1) is 19.6. The predicted molar refractivity (Wildman–Crippen MR) is 110 cm³/mol. The van der Waals surface area contributed by atoms with E-state index < -0.39 is 0 Å². The number of carbonyl (C=O) groups is 1. The maximum atomic E-state index is 12.6. The summed E-state index contributed by atoms with van der Waals surface area (Å²) in [5.74, 6) is 1.27. The zero-order valence-electron chi connectivity index (χ0n) is 16.2. The lowest BCUT2D eigenvalue weighted by atomic mass is 10.1. The van der Waals surface area contributed by atoms with Crippen molar-refractivity contribution in [2.75, 3.05) is 20.3 Å². The maximum Gasteiger partial charge on any atom is 0.289 e. The van der Waals surface area contributed by atoms with Crippen molar-refractivity contribution in [3.05, 3.63) is 41.3 Å². The summed E-state index contributed by atoms with van der Waals surface area (Å²) in [4.78, 5) is 26.2. The van der Waals surface area contributed by atoms with Gasteiger partial charge in [-0.3, -0.25) is 4.79 Å². The van der Waals surface area contributed by atoms with Crippen LogP contribution in [0.4, 0.5) is 0 Å². The second kappa shape index (κ2) is 8.78. The highest BCUT2D eigenvalue weighted by Crippen LogP contribution is 2.33. The van der Waals surface area contributed by atoms with E-state index in [4.69, 9.17) is 21.2 Å². The predicted octanol–water partition coefficient (Wildman–Crippen LogP) is 3.73. The molecule has 1 aromatic heterocycles. The molecular formula is C21H23ClN4O3. The van der Waals surface area contributed by atoms with Gasteiger partial charge in [-0.1, -0.05) is 28.9 Å². The summed E-state index contributed by atoms with van der Waals surface area (Å²) in [7, 11) is 1.51. The van der Waals surface area contributed by atoms with E-state index in [0.717, 1.165) is 24.1 Å². The molecule has 0 saturated heterocycles. The highest BCUT2D eigenvalue weighted by Gasteiger charge is 2.29. The van der Waals surface area contributed by atoms with Gasteiger partial charge in [0, 0.05) is 16.5 Å². The van der Waals surface area contributed by atoms with Gasteiger partial charge < -0.3 is 14.9 Å².